The quantitative estimate of drug-likeness (QED) is 0.549. The Labute approximate surface area is 168 Å². The number of unbranched alkanes of at least 4 members (excludes halogenated alkanes) is 5. The zero-order chi connectivity index (χ0) is 19.9. The number of amides is 1. The molecule has 3 rings (SSSR count). The van der Waals surface area contributed by atoms with Crippen LogP contribution in [0.3, 0.4) is 0 Å². The summed E-state index contributed by atoms with van der Waals surface area (Å²) in [6.45, 7) is 3.43. The van der Waals surface area contributed by atoms with E-state index in [1.54, 1.807) is 0 Å². The third-order valence-electron chi connectivity index (χ3n) is 5.93. The van der Waals surface area contributed by atoms with Crippen molar-refractivity contribution in [1.82, 2.24) is 15.2 Å². The minimum atomic E-state index is -0.582. The monoisotopic (exact) mass is 385 g/mol. The molecule has 28 heavy (non-hydrogen) atoms. The third kappa shape index (κ3) is 5.15. The van der Waals surface area contributed by atoms with Gasteiger partial charge in [-0.1, -0.05) is 45.1 Å². The molecule has 154 valence electrons. The normalized spacial score (nSPS) is 19.4. The molecule has 5 heteroatoms. The highest BCUT2D eigenvalue weighted by Gasteiger charge is 2.30. The van der Waals surface area contributed by atoms with Crippen molar-refractivity contribution in [3.8, 4) is 0 Å². The largest absolute Gasteiger partial charge is 0.391 e. The first-order valence-electron chi connectivity index (χ1n) is 10.9. The molecule has 0 aliphatic carbocycles. The van der Waals surface area contributed by atoms with Crippen LogP contribution in [0.15, 0.2) is 24.3 Å². The molecule has 1 fully saturated rings. The van der Waals surface area contributed by atoms with Crippen molar-refractivity contribution >= 4 is 16.8 Å². The number of benzene rings is 1. The standard InChI is InChI=1S/C23H35N3O2/c1-3-4-5-6-7-8-9-19-15-18-14-17(10-11-20(18)26(19)2)16-25-23(28)22-21(27)12-13-24-22/h10-11,14-15,21-22,24,27H,3-9,12-13,16H2,1-2H3,(H,25,28)/t21-,22-/m0/s1. The number of nitrogens with zero attached hydrogens (tertiary/aromatic N) is 1. The molecule has 1 aromatic heterocycles. The maximum absolute atomic E-state index is 12.2. The molecule has 0 radical (unpaired) electrons. The summed E-state index contributed by atoms with van der Waals surface area (Å²) in [7, 11) is 2.14. The Bertz CT molecular complexity index is 783. The van der Waals surface area contributed by atoms with Gasteiger partial charge in [0.15, 0.2) is 0 Å². The highest BCUT2D eigenvalue weighted by Crippen LogP contribution is 2.22. The van der Waals surface area contributed by atoms with Crippen LogP contribution in [0.2, 0.25) is 0 Å². The van der Waals surface area contributed by atoms with E-state index in [0.717, 1.165) is 12.0 Å². The van der Waals surface area contributed by atoms with Crippen LogP contribution in [-0.4, -0.2) is 34.3 Å². The summed E-state index contributed by atoms with van der Waals surface area (Å²) in [5, 5.41) is 17.1. The molecule has 0 spiro atoms. The molecule has 2 atom stereocenters. The summed E-state index contributed by atoms with van der Waals surface area (Å²) in [5.41, 5.74) is 3.71. The second-order valence-electron chi connectivity index (χ2n) is 8.11. The van der Waals surface area contributed by atoms with Crippen molar-refractivity contribution in [2.45, 2.75) is 77.0 Å². The molecule has 1 aliphatic heterocycles. The average molecular weight is 386 g/mol. The number of nitrogens with one attached hydrogen (secondary N) is 2. The molecule has 1 aromatic carbocycles. The first kappa shape index (κ1) is 20.9. The van der Waals surface area contributed by atoms with E-state index >= 15 is 0 Å². The van der Waals surface area contributed by atoms with Gasteiger partial charge in [0, 0.05) is 30.2 Å². The number of aliphatic hydroxyl groups excluding tert-OH is 1. The minimum absolute atomic E-state index is 0.123. The van der Waals surface area contributed by atoms with E-state index < -0.39 is 12.1 Å². The molecule has 1 saturated heterocycles. The van der Waals surface area contributed by atoms with Crippen LogP contribution in [0.5, 0.6) is 0 Å². The number of hydrogen-bond acceptors (Lipinski definition) is 3. The van der Waals surface area contributed by atoms with Crippen LogP contribution in [0.4, 0.5) is 0 Å². The SMILES string of the molecule is CCCCCCCCc1cc2cc(CNC(=O)[C@H]3NCC[C@@H]3O)ccc2n1C. The zero-order valence-corrected chi connectivity index (χ0v) is 17.3. The topological polar surface area (TPSA) is 66.3 Å². The Balaban J connectivity index is 1.55. The Morgan fingerprint density at radius 2 is 2.00 bits per heavy atom. The van der Waals surface area contributed by atoms with Gasteiger partial charge in [0.05, 0.1) is 6.10 Å². The van der Waals surface area contributed by atoms with E-state index in [-0.39, 0.29) is 5.91 Å². The van der Waals surface area contributed by atoms with E-state index in [2.05, 4.69) is 53.4 Å². The van der Waals surface area contributed by atoms with Gasteiger partial charge in [-0.25, -0.2) is 0 Å². The predicted molar refractivity (Wildman–Crippen MR) is 114 cm³/mol. The van der Waals surface area contributed by atoms with E-state index in [1.807, 2.05) is 0 Å². The Morgan fingerprint density at radius 1 is 1.21 bits per heavy atom. The Kier molecular flexibility index (Phi) is 7.51. The lowest BCUT2D eigenvalue weighted by Gasteiger charge is -2.14. The summed E-state index contributed by atoms with van der Waals surface area (Å²) in [4.78, 5) is 12.2. The fourth-order valence-electron chi connectivity index (χ4n) is 4.15. The average Bonchev–Trinajstić information content (AvgIpc) is 3.26. The predicted octanol–water partition coefficient (Wildman–Crippen LogP) is 3.42. The first-order valence-corrected chi connectivity index (χ1v) is 10.9. The van der Waals surface area contributed by atoms with Crippen LogP contribution in [0.25, 0.3) is 10.9 Å². The summed E-state index contributed by atoms with van der Waals surface area (Å²) in [6, 6.07) is 8.19. The minimum Gasteiger partial charge on any atom is -0.391 e. The van der Waals surface area contributed by atoms with Crippen LogP contribution >= 0.6 is 0 Å². The molecule has 1 aliphatic rings. The van der Waals surface area contributed by atoms with Crippen LogP contribution < -0.4 is 10.6 Å². The molecule has 2 aromatic rings. The van der Waals surface area contributed by atoms with Crippen LogP contribution in [0, 0.1) is 0 Å². The fraction of sp³-hybridized carbons (Fsp3) is 0.609. The van der Waals surface area contributed by atoms with Crippen molar-refractivity contribution in [2.75, 3.05) is 6.54 Å². The summed E-state index contributed by atoms with van der Waals surface area (Å²) < 4.78 is 2.29. The van der Waals surface area contributed by atoms with Gasteiger partial charge >= 0.3 is 0 Å². The molecule has 3 N–H and O–H groups in total. The number of hydrogen-bond donors (Lipinski definition) is 3. The van der Waals surface area contributed by atoms with Crippen LogP contribution in [0.1, 0.15) is 63.1 Å². The highest BCUT2D eigenvalue weighted by molar-refractivity contribution is 5.84. The van der Waals surface area contributed by atoms with E-state index in [4.69, 9.17) is 0 Å². The number of aromatic nitrogens is 1. The third-order valence-corrected chi connectivity index (χ3v) is 5.93. The molecule has 0 saturated carbocycles. The van der Waals surface area contributed by atoms with E-state index in [9.17, 15) is 9.90 Å². The molecule has 0 unspecified atom stereocenters. The number of aryl methyl sites for hydroxylation is 2. The lowest BCUT2D eigenvalue weighted by atomic mass is 10.1. The number of aliphatic hydroxyl groups is 1. The molecular formula is C23H35N3O2. The van der Waals surface area contributed by atoms with Crippen molar-refractivity contribution < 1.29 is 9.90 Å². The first-order chi connectivity index (χ1) is 13.6. The fourth-order valence-corrected chi connectivity index (χ4v) is 4.15. The number of fused-ring (bicyclic) bond motifs is 1. The van der Waals surface area contributed by atoms with Crippen molar-refractivity contribution in [3.63, 3.8) is 0 Å². The highest BCUT2D eigenvalue weighted by atomic mass is 16.3. The van der Waals surface area contributed by atoms with Crippen LogP contribution in [-0.2, 0) is 24.8 Å². The lowest BCUT2D eigenvalue weighted by molar-refractivity contribution is -0.124. The molecule has 1 amide bonds. The number of rotatable bonds is 10. The van der Waals surface area contributed by atoms with Gasteiger partial charge in [0.1, 0.15) is 6.04 Å². The van der Waals surface area contributed by atoms with Gasteiger partial charge in [-0.2, -0.15) is 0 Å². The molecule has 0 bridgehead atoms. The van der Waals surface area contributed by atoms with Gasteiger partial charge in [-0.3, -0.25) is 4.79 Å². The number of carbonyl (C=O) groups excluding carboxylic acids is 1. The second kappa shape index (κ2) is 10.1. The van der Waals surface area contributed by atoms with Crippen molar-refractivity contribution in [3.05, 3.63) is 35.5 Å². The number of carbonyl (C=O) groups is 1. The van der Waals surface area contributed by atoms with Gasteiger partial charge in [0.25, 0.3) is 0 Å². The van der Waals surface area contributed by atoms with Crippen molar-refractivity contribution in [2.24, 2.45) is 7.05 Å². The molecule has 5 nitrogen and oxygen atoms in total. The van der Waals surface area contributed by atoms with E-state index in [1.165, 1.54) is 55.1 Å². The van der Waals surface area contributed by atoms with Gasteiger partial charge in [-0.15, -0.1) is 0 Å². The summed E-state index contributed by atoms with van der Waals surface area (Å²) in [5.74, 6) is -0.123. The summed E-state index contributed by atoms with van der Waals surface area (Å²) in [6.07, 6.45) is 9.06. The molecule has 2 heterocycles. The second-order valence-corrected chi connectivity index (χ2v) is 8.11. The zero-order valence-electron chi connectivity index (χ0n) is 17.3. The van der Waals surface area contributed by atoms with Gasteiger partial charge in [0.2, 0.25) is 5.91 Å². The Morgan fingerprint density at radius 3 is 2.75 bits per heavy atom. The molecular weight excluding hydrogens is 350 g/mol. The lowest BCUT2D eigenvalue weighted by Crippen LogP contribution is -2.45. The maximum Gasteiger partial charge on any atom is 0.240 e. The Hall–Kier alpha value is -1.85. The smallest absolute Gasteiger partial charge is 0.240 e. The van der Waals surface area contributed by atoms with E-state index in [0.29, 0.717) is 19.5 Å². The maximum atomic E-state index is 12.2. The van der Waals surface area contributed by atoms with Gasteiger partial charge in [-0.05, 0) is 49.6 Å². The summed E-state index contributed by atoms with van der Waals surface area (Å²) >= 11 is 0. The van der Waals surface area contributed by atoms with Crippen molar-refractivity contribution in [1.29, 1.82) is 0 Å². The van der Waals surface area contributed by atoms with Gasteiger partial charge < -0.3 is 20.3 Å².